The van der Waals surface area contributed by atoms with Gasteiger partial charge in [-0.05, 0) is 32.1 Å². The van der Waals surface area contributed by atoms with Crippen molar-refractivity contribution in [2.45, 2.75) is 62.8 Å². The van der Waals surface area contributed by atoms with Crippen LogP contribution >= 0.6 is 0 Å². The fraction of sp³-hybridized carbons (Fsp3) is 0.846. The van der Waals surface area contributed by atoms with E-state index in [1.54, 1.807) is 5.32 Å². The van der Waals surface area contributed by atoms with Crippen LogP contribution in [-0.2, 0) is 9.59 Å². The van der Waals surface area contributed by atoms with Crippen molar-refractivity contribution in [2.75, 3.05) is 0 Å². The molecular weight excluding hydrogens is 289 g/mol. The molecule has 2 aliphatic rings. The zero-order valence-electron chi connectivity index (χ0n) is 11.7. The standard InChI is InChI=1S/C13H19F3N2O3/c1-12(11(20)21,13(14,15)16)18-10(19)9-6-7-4-2-3-5-8(7)17-9/h7-9,17H,2-6H2,1H3,(H,18,19)(H,20,21). The van der Waals surface area contributed by atoms with Crippen molar-refractivity contribution < 1.29 is 27.9 Å². The van der Waals surface area contributed by atoms with Gasteiger partial charge in [0.15, 0.2) is 0 Å². The number of carboxylic acids is 1. The molecule has 4 atom stereocenters. The van der Waals surface area contributed by atoms with E-state index < -0.39 is 29.6 Å². The summed E-state index contributed by atoms with van der Waals surface area (Å²) in [5.74, 6) is -2.72. The molecule has 4 unspecified atom stereocenters. The van der Waals surface area contributed by atoms with E-state index in [1.165, 1.54) is 0 Å². The summed E-state index contributed by atoms with van der Waals surface area (Å²) in [6.45, 7) is 0.467. The Labute approximate surface area is 120 Å². The Bertz CT molecular complexity index is 427. The Morgan fingerprint density at radius 3 is 2.38 bits per heavy atom. The number of aliphatic carboxylic acids is 1. The second-order valence-electron chi connectivity index (χ2n) is 6.02. The normalized spacial score (nSPS) is 32.1. The van der Waals surface area contributed by atoms with Crippen LogP contribution in [0.25, 0.3) is 0 Å². The predicted octanol–water partition coefficient (Wildman–Crippen LogP) is 1.43. The van der Waals surface area contributed by atoms with E-state index in [0.29, 0.717) is 13.3 Å². The highest BCUT2D eigenvalue weighted by Gasteiger charge is 2.59. The van der Waals surface area contributed by atoms with Gasteiger partial charge in [0.05, 0.1) is 6.04 Å². The Morgan fingerprint density at radius 2 is 1.86 bits per heavy atom. The summed E-state index contributed by atoms with van der Waals surface area (Å²) in [6, 6.07) is -0.601. The van der Waals surface area contributed by atoms with Crippen molar-refractivity contribution in [2.24, 2.45) is 5.92 Å². The Hall–Kier alpha value is -1.31. The first-order valence-corrected chi connectivity index (χ1v) is 7.03. The summed E-state index contributed by atoms with van der Waals surface area (Å²) in [5.41, 5.74) is -3.26. The molecule has 1 amide bonds. The fourth-order valence-electron chi connectivity index (χ4n) is 3.10. The Morgan fingerprint density at radius 1 is 1.24 bits per heavy atom. The molecule has 5 nitrogen and oxygen atoms in total. The van der Waals surface area contributed by atoms with Crippen molar-refractivity contribution in [3.63, 3.8) is 0 Å². The van der Waals surface area contributed by atoms with Crippen LogP contribution in [0.1, 0.15) is 39.0 Å². The van der Waals surface area contributed by atoms with E-state index in [-0.39, 0.29) is 12.0 Å². The lowest BCUT2D eigenvalue weighted by Crippen LogP contribution is -2.64. The molecule has 0 bridgehead atoms. The molecule has 0 aromatic heterocycles. The number of nitrogens with one attached hydrogen (secondary N) is 2. The average Bonchev–Trinajstić information content (AvgIpc) is 2.80. The van der Waals surface area contributed by atoms with E-state index in [9.17, 15) is 22.8 Å². The second-order valence-corrected chi connectivity index (χ2v) is 6.02. The van der Waals surface area contributed by atoms with Gasteiger partial charge in [0.1, 0.15) is 0 Å². The minimum atomic E-state index is -5.06. The number of carboxylic acid groups (broad SMARTS) is 1. The molecule has 1 saturated carbocycles. The predicted molar refractivity (Wildman–Crippen MR) is 67.5 cm³/mol. The summed E-state index contributed by atoms with van der Waals surface area (Å²) < 4.78 is 38.6. The summed E-state index contributed by atoms with van der Waals surface area (Å²) >= 11 is 0. The molecule has 1 heterocycles. The molecule has 0 aromatic rings. The summed E-state index contributed by atoms with van der Waals surface area (Å²) in [6.07, 6.45) is -0.630. The van der Waals surface area contributed by atoms with E-state index in [0.717, 1.165) is 25.7 Å². The third-order valence-corrected chi connectivity index (χ3v) is 4.55. The van der Waals surface area contributed by atoms with E-state index in [4.69, 9.17) is 5.11 Å². The largest absolute Gasteiger partial charge is 0.479 e. The van der Waals surface area contributed by atoms with Gasteiger partial charge in [0.2, 0.25) is 11.4 Å². The lowest BCUT2D eigenvalue weighted by atomic mass is 9.85. The first-order valence-electron chi connectivity index (χ1n) is 7.03. The number of hydrogen-bond acceptors (Lipinski definition) is 3. The van der Waals surface area contributed by atoms with E-state index in [2.05, 4.69) is 5.32 Å². The minimum Gasteiger partial charge on any atom is -0.479 e. The molecule has 8 heteroatoms. The molecule has 2 rings (SSSR count). The molecule has 0 spiro atoms. The average molecular weight is 308 g/mol. The molecule has 1 saturated heterocycles. The molecule has 2 fully saturated rings. The molecule has 3 N–H and O–H groups in total. The minimum absolute atomic E-state index is 0.150. The van der Waals surface area contributed by atoms with Gasteiger partial charge in [-0.1, -0.05) is 12.8 Å². The highest BCUT2D eigenvalue weighted by atomic mass is 19.4. The van der Waals surface area contributed by atoms with Gasteiger partial charge in [-0.2, -0.15) is 13.2 Å². The third kappa shape index (κ3) is 3.00. The van der Waals surface area contributed by atoms with Crippen LogP contribution in [0.2, 0.25) is 0 Å². The van der Waals surface area contributed by atoms with Gasteiger partial charge in [0, 0.05) is 6.04 Å². The van der Waals surface area contributed by atoms with Gasteiger partial charge < -0.3 is 15.7 Å². The van der Waals surface area contributed by atoms with E-state index >= 15 is 0 Å². The number of halogens is 3. The highest BCUT2D eigenvalue weighted by molar-refractivity contribution is 5.90. The molecular formula is C13H19F3N2O3. The lowest BCUT2D eigenvalue weighted by Gasteiger charge is -2.29. The lowest BCUT2D eigenvalue weighted by molar-refractivity contribution is -0.207. The van der Waals surface area contributed by atoms with Crippen molar-refractivity contribution in [3.8, 4) is 0 Å². The zero-order valence-corrected chi connectivity index (χ0v) is 11.7. The third-order valence-electron chi connectivity index (χ3n) is 4.55. The first-order chi connectivity index (χ1) is 9.65. The topological polar surface area (TPSA) is 78.4 Å². The monoisotopic (exact) mass is 308 g/mol. The Balaban J connectivity index is 2.05. The van der Waals surface area contributed by atoms with Crippen LogP contribution in [0.4, 0.5) is 13.2 Å². The number of amides is 1. The highest BCUT2D eigenvalue weighted by Crippen LogP contribution is 2.34. The van der Waals surface area contributed by atoms with Gasteiger partial charge in [-0.3, -0.25) is 4.79 Å². The SMILES string of the molecule is CC(NC(=O)C1CC2CCCCC2N1)(C(=O)O)C(F)(F)F. The van der Waals surface area contributed by atoms with Crippen LogP contribution in [0.15, 0.2) is 0 Å². The van der Waals surface area contributed by atoms with Crippen molar-refractivity contribution in [1.82, 2.24) is 10.6 Å². The maximum atomic E-state index is 12.9. The number of rotatable bonds is 3. The number of carbonyl (C=O) groups is 2. The Kier molecular flexibility index (Phi) is 4.19. The first kappa shape index (κ1) is 16.1. The number of carbonyl (C=O) groups excluding carboxylic acids is 1. The zero-order chi connectivity index (χ0) is 15.8. The number of alkyl halides is 3. The second kappa shape index (κ2) is 5.47. The maximum absolute atomic E-state index is 12.9. The number of fused-ring (bicyclic) bond motifs is 1. The molecule has 0 aromatic carbocycles. The molecule has 1 aliphatic heterocycles. The summed E-state index contributed by atoms with van der Waals surface area (Å²) in [4.78, 5) is 22.9. The van der Waals surface area contributed by atoms with Crippen LogP contribution in [-0.4, -0.2) is 40.8 Å². The summed E-state index contributed by atoms with van der Waals surface area (Å²) in [5, 5.41) is 13.5. The van der Waals surface area contributed by atoms with E-state index in [1.807, 2.05) is 0 Å². The maximum Gasteiger partial charge on any atom is 0.422 e. The molecule has 0 radical (unpaired) electrons. The van der Waals surface area contributed by atoms with Gasteiger partial charge in [-0.25, -0.2) is 4.79 Å². The molecule has 21 heavy (non-hydrogen) atoms. The van der Waals surface area contributed by atoms with Crippen molar-refractivity contribution in [1.29, 1.82) is 0 Å². The fourth-order valence-corrected chi connectivity index (χ4v) is 3.10. The van der Waals surface area contributed by atoms with Crippen molar-refractivity contribution >= 4 is 11.9 Å². The quantitative estimate of drug-likeness (QED) is 0.737. The van der Waals surface area contributed by atoms with Gasteiger partial charge in [0.25, 0.3) is 0 Å². The van der Waals surface area contributed by atoms with Gasteiger partial charge >= 0.3 is 12.1 Å². The van der Waals surface area contributed by atoms with Crippen LogP contribution in [0.5, 0.6) is 0 Å². The molecule has 1 aliphatic carbocycles. The van der Waals surface area contributed by atoms with Crippen LogP contribution in [0.3, 0.4) is 0 Å². The smallest absolute Gasteiger partial charge is 0.422 e. The number of hydrogen-bond donors (Lipinski definition) is 3. The van der Waals surface area contributed by atoms with Gasteiger partial charge in [-0.15, -0.1) is 0 Å². The molecule has 120 valence electrons. The van der Waals surface area contributed by atoms with Crippen LogP contribution in [0, 0.1) is 5.92 Å². The van der Waals surface area contributed by atoms with Crippen molar-refractivity contribution in [3.05, 3.63) is 0 Å². The summed E-state index contributed by atoms with van der Waals surface area (Å²) in [7, 11) is 0. The van der Waals surface area contributed by atoms with Crippen LogP contribution < -0.4 is 10.6 Å².